The van der Waals surface area contributed by atoms with E-state index in [4.69, 9.17) is 0 Å². The van der Waals surface area contributed by atoms with Gasteiger partial charge >= 0.3 is 11.4 Å². The van der Waals surface area contributed by atoms with E-state index in [1.165, 1.54) is 0 Å². The van der Waals surface area contributed by atoms with Gasteiger partial charge in [0.2, 0.25) is 0 Å². The van der Waals surface area contributed by atoms with E-state index in [0.717, 1.165) is 0 Å². The Bertz CT molecular complexity index is 611. The third-order valence-corrected chi connectivity index (χ3v) is 2.35. The van der Waals surface area contributed by atoms with Gasteiger partial charge in [0.25, 0.3) is 5.69 Å². The van der Waals surface area contributed by atoms with Crippen LogP contribution in [0, 0.1) is 40.5 Å². The number of hydrogen-bond acceptors (Lipinski definition) is 9. The predicted octanol–water partition coefficient (Wildman–Crippen LogP) is 0.604. The highest BCUT2D eigenvalue weighted by molar-refractivity contribution is 5.77. The van der Waals surface area contributed by atoms with Crippen LogP contribution in [0.3, 0.4) is 0 Å². The van der Waals surface area contributed by atoms with Gasteiger partial charge in [-0.1, -0.05) is 0 Å². The Balaban J connectivity index is 3.21. The zero-order valence-electron chi connectivity index (χ0n) is 10.6. The first-order valence-corrected chi connectivity index (χ1v) is 5.47. The first kappa shape index (κ1) is 16.5. The molecule has 0 aliphatic rings. The van der Waals surface area contributed by atoms with Crippen molar-refractivity contribution in [1.82, 2.24) is 5.43 Å². The van der Waals surface area contributed by atoms with Crippen LogP contribution in [0.4, 0.5) is 22.7 Å². The van der Waals surface area contributed by atoms with E-state index in [9.17, 15) is 40.5 Å². The summed E-state index contributed by atoms with van der Waals surface area (Å²) in [5.41, 5.74) is -1.37. The van der Waals surface area contributed by atoms with Crippen LogP contribution in [0.2, 0.25) is 0 Å². The second-order valence-corrected chi connectivity index (χ2v) is 3.72. The summed E-state index contributed by atoms with van der Waals surface area (Å²) < 4.78 is 0. The van der Waals surface area contributed by atoms with E-state index in [1.807, 2.05) is 0 Å². The lowest BCUT2D eigenvalue weighted by Gasteiger charge is -2.07. The van der Waals surface area contributed by atoms with Crippen molar-refractivity contribution in [2.45, 2.75) is 0 Å². The van der Waals surface area contributed by atoms with Gasteiger partial charge in [-0.3, -0.25) is 30.3 Å². The molecule has 1 rings (SSSR count). The summed E-state index contributed by atoms with van der Waals surface area (Å²) in [6.45, 7) is -0.529. The van der Waals surface area contributed by atoms with Crippen molar-refractivity contribution >= 4 is 22.7 Å². The number of hydrogen-bond donors (Lipinski definition) is 2. The van der Waals surface area contributed by atoms with Crippen molar-refractivity contribution in [2.75, 3.05) is 18.4 Å². The van der Waals surface area contributed by atoms with Gasteiger partial charge in [-0.25, -0.2) is 10.1 Å². The second kappa shape index (κ2) is 6.73. The predicted molar refractivity (Wildman–Crippen MR) is 69.9 cm³/mol. The number of hydrazine groups is 1. The zero-order valence-corrected chi connectivity index (χ0v) is 10.6. The molecule has 0 heterocycles. The molecule has 1 aromatic rings. The number of rotatable bonds is 8. The van der Waals surface area contributed by atoms with E-state index in [1.54, 1.807) is 5.43 Å². The summed E-state index contributed by atoms with van der Waals surface area (Å²) in [5, 5.41) is 44.0. The SMILES string of the molecule is O=[N+]([O-])NCCNc1c([N+](=O)[O-])cc([N+](=O)[O-])cc1[N+](=O)[O-]. The van der Waals surface area contributed by atoms with Crippen LogP contribution >= 0.6 is 0 Å². The minimum absolute atomic E-state index is 0.250. The number of nitrogens with one attached hydrogen (secondary N) is 2. The maximum atomic E-state index is 10.9. The van der Waals surface area contributed by atoms with Crippen LogP contribution in [0.25, 0.3) is 0 Å². The third kappa shape index (κ3) is 3.95. The molecule has 0 amide bonds. The highest BCUT2D eigenvalue weighted by Crippen LogP contribution is 2.38. The number of nitro benzene ring substituents is 3. The Morgan fingerprint density at radius 1 is 0.818 bits per heavy atom. The molecule has 0 spiro atoms. The molecule has 0 saturated heterocycles. The molecular formula is C8H8N6O8. The highest BCUT2D eigenvalue weighted by atomic mass is 16.7. The molecule has 0 saturated carbocycles. The Hall–Kier alpha value is -3.58. The maximum absolute atomic E-state index is 10.9. The zero-order chi connectivity index (χ0) is 16.9. The molecule has 22 heavy (non-hydrogen) atoms. The fourth-order valence-electron chi connectivity index (χ4n) is 1.51. The molecular weight excluding hydrogens is 308 g/mol. The molecule has 0 atom stereocenters. The quantitative estimate of drug-likeness (QED) is 0.389. The van der Waals surface area contributed by atoms with Crippen LogP contribution in [0.1, 0.15) is 0 Å². The second-order valence-electron chi connectivity index (χ2n) is 3.72. The van der Waals surface area contributed by atoms with Crippen LogP contribution in [-0.4, -0.2) is 32.9 Å². The maximum Gasteiger partial charge on any atom is 0.306 e. The monoisotopic (exact) mass is 316 g/mol. The summed E-state index contributed by atoms with van der Waals surface area (Å²) in [7, 11) is 0. The standard InChI is InChI=1S/C8H8N6O8/c15-11(16)5-3-6(12(17)18)8(7(4-5)13(19)20)9-1-2-10-14(21)22/h3-4,9-10H,1-2H2. The van der Waals surface area contributed by atoms with E-state index < -0.39 is 42.6 Å². The average molecular weight is 316 g/mol. The van der Waals surface area contributed by atoms with Gasteiger partial charge in [-0.15, -0.1) is 5.43 Å². The number of benzene rings is 1. The summed E-state index contributed by atoms with van der Waals surface area (Å²) in [6.07, 6.45) is 0. The van der Waals surface area contributed by atoms with E-state index in [0.29, 0.717) is 12.1 Å². The minimum Gasteiger partial charge on any atom is -0.372 e. The Morgan fingerprint density at radius 3 is 1.68 bits per heavy atom. The topological polar surface area (TPSA) is 197 Å². The highest BCUT2D eigenvalue weighted by Gasteiger charge is 2.30. The van der Waals surface area contributed by atoms with Gasteiger partial charge in [0.1, 0.15) is 0 Å². The summed E-state index contributed by atoms with van der Waals surface area (Å²) >= 11 is 0. The Kier molecular flexibility index (Phi) is 5.04. The van der Waals surface area contributed by atoms with E-state index >= 15 is 0 Å². The lowest BCUT2D eigenvalue weighted by Crippen LogP contribution is -2.27. The van der Waals surface area contributed by atoms with Crippen molar-refractivity contribution < 1.29 is 19.8 Å². The number of anilines is 1. The first-order valence-electron chi connectivity index (χ1n) is 5.47. The molecule has 0 aliphatic carbocycles. The lowest BCUT2D eigenvalue weighted by molar-refractivity contribution is -0.543. The van der Waals surface area contributed by atoms with E-state index in [2.05, 4.69) is 5.32 Å². The van der Waals surface area contributed by atoms with Gasteiger partial charge in [0, 0.05) is 6.54 Å². The number of nitrogens with zero attached hydrogens (tertiary/aromatic N) is 4. The molecule has 14 nitrogen and oxygen atoms in total. The molecule has 0 fully saturated rings. The number of nitro groups is 4. The van der Waals surface area contributed by atoms with Crippen molar-refractivity contribution in [3.8, 4) is 0 Å². The van der Waals surface area contributed by atoms with Gasteiger partial charge in [-0.05, 0) is 0 Å². The molecule has 2 N–H and O–H groups in total. The Labute approximate surface area is 120 Å². The average Bonchev–Trinajstić information content (AvgIpc) is 2.42. The summed E-state index contributed by atoms with van der Waals surface area (Å²) in [5.74, 6) is 0. The molecule has 0 radical (unpaired) electrons. The lowest BCUT2D eigenvalue weighted by atomic mass is 10.2. The molecule has 0 aliphatic heterocycles. The summed E-state index contributed by atoms with van der Waals surface area (Å²) in [4.78, 5) is 39.5. The fraction of sp³-hybridized carbons (Fsp3) is 0.250. The van der Waals surface area contributed by atoms with Crippen molar-refractivity contribution in [3.05, 3.63) is 52.6 Å². The smallest absolute Gasteiger partial charge is 0.306 e. The fourth-order valence-corrected chi connectivity index (χ4v) is 1.51. The van der Waals surface area contributed by atoms with E-state index in [-0.39, 0.29) is 13.1 Å². The Morgan fingerprint density at radius 2 is 1.32 bits per heavy atom. The van der Waals surface area contributed by atoms with Crippen molar-refractivity contribution in [2.24, 2.45) is 0 Å². The molecule has 0 bridgehead atoms. The third-order valence-electron chi connectivity index (χ3n) is 2.35. The normalized spacial score (nSPS) is 9.82. The molecule has 0 aromatic heterocycles. The van der Waals surface area contributed by atoms with Crippen molar-refractivity contribution in [1.29, 1.82) is 0 Å². The van der Waals surface area contributed by atoms with Crippen LogP contribution < -0.4 is 10.7 Å². The summed E-state index contributed by atoms with van der Waals surface area (Å²) in [6, 6.07) is 1.13. The largest absolute Gasteiger partial charge is 0.372 e. The van der Waals surface area contributed by atoms with Crippen LogP contribution in [0.5, 0.6) is 0 Å². The molecule has 0 unspecified atom stereocenters. The van der Waals surface area contributed by atoms with Gasteiger partial charge in [0.15, 0.2) is 10.7 Å². The molecule has 14 heteroatoms. The van der Waals surface area contributed by atoms with Crippen molar-refractivity contribution in [3.63, 3.8) is 0 Å². The molecule has 1 aromatic carbocycles. The van der Waals surface area contributed by atoms with Crippen LogP contribution in [-0.2, 0) is 0 Å². The van der Waals surface area contributed by atoms with Crippen LogP contribution in [0.15, 0.2) is 12.1 Å². The minimum atomic E-state index is -1.02. The number of non-ortho nitro benzene ring substituents is 1. The van der Waals surface area contributed by atoms with Gasteiger partial charge in [0.05, 0.1) is 33.4 Å². The molecule has 118 valence electrons. The van der Waals surface area contributed by atoms with Gasteiger partial charge in [-0.2, -0.15) is 0 Å². The first-order chi connectivity index (χ1) is 10.2. The van der Waals surface area contributed by atoms with Gasteiger partial charge < -0.3 is 5.32 Å².